The van der Waals surface area contributed by atoms with Gasteiger partial charge in [-0.1, -0.05) is 18.2 Å². The molecule has 0 atom stereocenters. The summed E-state index contributed by atoms with van der Waals surface area (Å²) in [4.78, 5) is 6.49. The van der Waals surface area contributed by atoms with Crippen LogP contribution in [-0.4, -0.2) is 26.0 Å². The standard InChI is InChI=1S/C13H19N3/c14-8-4-3-6-12-5-1-2-7-13(12)16-10-9-15-11-16/h1-2,5,7,11H,3-4,6,8-10,14H2. The van der Waals surface area contributed by atoms with E-state index < -0.39 is 0 Å². The van der Waals surface area contributed by atoms with E-state index in [1.54, 1.807) is 0 Å². The van der Waals surface area contributed by atoms with Gasteiger partial charge in [0.25, 0.3) is 0 Å². The summed E-state index contributed by atoms with van der Waals surface area (Å²) < 4.78 is 0. The second-order valence-corrected chi connectivity index (χ2v) is 4.09. The van der Waals surface area contributed by atoms with E-state index >= 15 is 0 Å². The lowest BCUT2D eigenvalue weighted by molar-refractivity contribution is 0.744. The summed E-state index contributed by atoms with van der Waals surface area (Å²) in [5.41, 5.74) is 8.23. The van der Waals surface area contributed by atoms with Gasteiger partial charge in [-0.15, -0.1) is 0 Å². The first-order valence-electron chi connectivity index (χ1n) is 5.96. The molecule has 3 nitrogen and oxygen atoms in total. The number of rotatable bonds is 5. The molecule has 1 aliphatic rings. The minimum Gasteiger partial charge on any atom is -0.331 e. The Balaban J connectivity index is 2.07. The predicted molar refractivity (Wildman–Crippen MR) is 69.1 cm³/mol. The number of hydrogen-bond donors (Lipinski definition) is 1. The lowest BCUT2D eigenvalue weighted by Crippen LogP contribution is -2.19. The first-order valence-corrected chi connectivity index (χ1v) is 5.96. The molecular weight excluding hydrogens is 198 g/mol. The number of benzene rings is 1. The number of nitrogens with two attached hydrogens (primary N) is 1. The lowest BCUT2D eigenvalue weighted by atomic mass is 10.1. The molecule has 0 aliphatic carbocycles. The summed E-state index contributed by atoms with van der Waals surface area (Å²) in [5, 5.41) is 0. The van der Waals surface area contributed by atoms with Crippen molar-refractivity contribution in [1.29, 1.82) is 0 Å². The average Bonchev–Trinajstić information content (AvgIpc) is 2.83. The fourth-order valence-electron chi connectivity index (χ4n) is 2.02. The van der Waals surface area contributed by atoms with Gasteiger partial charge in [0.05, 0.1) is 12.9 Å². The maximum atomic E-state index is 5.52. The van der Waals surface area contributed by atoms with Crippen LogP contribution in [0.1, 0.15) is 18.4 Å². The Morgan fingerprint density at radius 1 is 1.25 bits per heavy atom. The van der Waals surface area contributed by atoms with Gasteiger partial charge in [0.15, 0.2) is 0 Å². The molecule has 3 heteroatoms. The van der Waals surface area contributed by atoms with Crippen molar-refractivity contribution in [3.8, 4) is 0 Å². The van der Waals surface area contributed by atoms with E-state index in [-0.39, 0.29) is 0 Å². The zero-order valence-electron chi connectivity index (χ0n) is 9.60. The Hall–Kier alpha value is -1.35. The third-order valence-electron chi connectivity index (χ3n) is 2.89. The smallest absolute Gasteiger partial charge is 0.0895 e. The van der Waals surface area contributed by atoms with Crippen LogP contribution in [-0.2, 0) is 6.42 Å². The van der Waals surface area contributed by atoms with Crippen molar-refractivity contribution in [3.05, 3.63) is 29.8 Å². The molecule has 0 bridgehead atoms. The van der Waals surface area contributed by atoms with Gasteiger partial charge >= 0.3 is 0 Å². The number of aryl methyl sites for hydroxylation is 1. The van der Waals surface area contributed by atoms with E-state index in [1.807, 2.05) is 6.34 Å². The first-order chi connectivity index (χ1) is 7.92. The van der Waals surface area contributed by atoms with Gasteiger partial charge in [-0.25, -0.2) is 0 Å². The fourth-order valence-corrected chi connectivity index (χ4v) is 2.02. The molecule has 0 fully saturated rings. The molecule has 0 radical (unpaired) electrons. The van der Waals surface area contributed by atoms with Crippen LogP contribution in [0.15, 0.2) is 29.3 Å². The molecule has 2 N–H and O–H groups in total. The van der Waals surface area contributed by atoms with Crippen LogP contribution in [0.4, 0.5) is 5.69 Å². The zero-order chi connectivity index (χ0) is 11.2. The molecular formula is C13H19N3. The second kappa shape index (κ2) is 5.66. The Morgan fingerprint density at radius 2 is 2.12 bits per heavy atom. The van der Waals surface area contributed by atoms with E-state index in [1.165, 1.54) is 17.7 Å². The van der Waals surface area contributed by atoms with Crippen molar-refractivity contribution in [2.75, 3.05) is 24.5 Å². The highest BCUT2D eigenvalue weighted by molar-refractivity contribution is 5.82. The second-order valence-electron chi connectivity index (χ2n) is 4.09. The maximum absolute atomic E-state index is 5.52. The van der Waals surface area contributed by atoms with Gasteiger partial charge in [-0.3, -0.25) is 4.99 Å². The highest BCUT2D eigenvalue weighted by atomic mass is 15.2. The Kier molecular flexibility index (Phi) is 3.94. The molecule has 16 heavy (non-hydrogen) atoms. The summed E-state index contributed by atoms with van der Waals surface area (Å²) in [6, 6.07) is 8.58. The van der Waals surface area contributed by atoms with Crippen LogP contribution in [0.2, 0.25) is 0 Å². The first kappa shape index (κ1) is 11.1. The van der Waals surface area contributed by atoms with Crippen LogP contribution in [0, 0.1) is 0 Å². The maximum Gasteiger partial charge on any atom is 0.0895 e. The predicted octanol–water partition coefficient (Wildman–Crippen LogP) is 1.82. The van der Waals surface area contributed by atoms with Crippen LogP contribution in [0.5, 0.6) is 0 Å². The molecule has 0 spiro atoms. The van der Waals surface area contributed by atoms with Crippen molar-refractivity contribution in [1.82, 2.24) is 0 Å². The number of para-hydroxylation sites is 1. The van der Waals surface area contributed by atoms with Gasteiger partial charge in [0.2, 0.25) is 0 Å². The number of nitrogens with zero attached hydrogens (tertiary/aromatic N) is 2. The molecule has 1 aromatic rings. The van der Waals surface area contributed by atoms with Crippen molar-refractivity contribution < 1.29 is 0 Å². The molecule has 0 saturated heterocycles. The number of anilines is 1. The molecule has 86 valence electrons. The normalized spacial score (nSPS) is 14.7. The third-order valence-corrected chi connectivity index (χ3v) is 2.89. The van der Waals surface area contributed by atoms with Crippen LogP contribution in [0.3, 0.4) is 0 Å². The van der Waals surface area contributed by atoms with E-state index in [0.717, 1.165) is 32.5 Å². The summed E-state index contributed by atoms with van der Waals surface area (Å²) in [5.74, 6) is 0. The minimum absolute atomic E-state index is 0.785. The lowest BCUT2D eigenvalue weighted by Gasteiger charge is -2.18. The summed E-state index contributed by atoms with van der Waals surface area (Å²) in [6.45, 7) is 2.71. The van der Waals surface area contributed by atoms with Crippen LogP contribution < -0.4 is 10.6 Å². The molecule has 0 amide bonds. The van der Waals surface area contributed by atoms with Crippen molar-refractivity contribution in [2.45, 2.75) is 19.3 Å². The molecule has 1 aromatic carbocycles. The fraction of sp³-hybridized carbons (Fsp3) is 0.462. The van der Waals surface area contributed by atoms with E-state index in [2.05, 4.69) is 34.2 Å². The van der Waals surface area contributed by atoms with Crippen LogP contribution >= 0.6 is 0 Å². The quantitative estimate of drug-likeness (QED) is 0.764. The molecule has 0 saturated carbocycles. The number of unbranched alkanes of at least 4 members (excludes halogenated alkanes) is 1. The van der Waals surface area contributed by atoms with Crippen molar-refractivity contribution in [2.24, 2.45) is 10.7 Å². The summed E-state index contributed by atoms with van der Waals surface area (Å²) in [6.07, 6.45) is 5.32. The largest absolute Gasteiger partial charge is 0.331 e. The van der Waals surface area contributed by atoms with Crippen LogP contribution in [0.25, 0.3) is 0 Å². The molecule has 1 heterocycles. The van der Waals surface area contributed by atoms with Crippen molar-refractivity contribution in [3.63, 3.8) is 0 Å². The highest BCUT2D eigenvalue weighted by Crippen LogP contribution is 2.22. The third kappa shape index (κ3) is 2.61. The molecule has 1 aliphatic heterocycles. The van der Waals surface area contributed by atoms with Gasteiger partial charge in [0, 0.05) is 12.2 Å². The Labute approximate surface area is 97.0 Å². The monoisotopic (exact) mass is 217 g/mol. The van der Waals surface area contributed by atoms with Gasteiger partial charge in [0.1, 0.15) is 0 Å². The zero-order valence-corrected chi connectivity index (χ0v) is 9.60. The average molecular weight is 217 g/mol. The Bertz CT molecular complexity index is 360. The van der Waals surface area contributed by atoms with Crippen molar-refractivity contribution >= 4 is 12.0 Å². The topological polar surface area (TPSA) is 41.6 Å². The minimum atomic E-state index is 0.785. The number of hydrogen-bond acceptors (Lipinski definition) is 3. The molecule has 2 rings (SSSR count). The van der Waals surface area contributed by atoms with Gasteiger partial charge in [-0.05, 0) is 37.4 Å². The highest BCUT2D eigenvalue weighted by Gasteiger charge is 2.11. The number of aliphatic imine (C=N–C) groups is 1. The molecule has 0 unspecified atom stereocenters. The van der Waals surface area contributed by atoms with E-state index in [4.69, 9.17) is 5.73 Å². The Morgan fingerprint density at radius 3 is 2.88 bits per heavy atom. The van der Waals surface area contributed by atoms with Gasteiger partial charge in [-0.2, -0.15) is 0 Å². The van der Waals surface area contributed by atoms with E-state index in [9.17, 15) is 0 Å². The summed E-state index contributed by atoms with van der Waals surface area (Å²) in [7, 11) is 0. The molecule has 0 aromatic heterocycles. The van der Waals surface area contributed by atoms with E-state index in [0.29, 0.717) is 0 Å². The van der Waals surface area contributed by atoms with Gasteiger partial charge < -0.3 is 10.6 Å². The summed E-state index contributed by atoms with van der Waals surface area (Å²) >= 11 is 0. The SMILES string of the molecule is NCCCCc1ccccc1N1C=NCC1.